The van der Waals surface area contributed by atoms with Crippen LogP contribution < -0.4 is 10.6 Å². The summed E-state index contributed by atoms with van der Waals surface area (Å²) < 4.78 is 22.1. The molecule has 0 radical (unpaired) electrons. The van der Waals surface area contributed by atoms with Crippen LogP contribution in [0.25, 0.3) is 0 Å². The van der Waals surface area contributed by atoms with Gasteiger partial charge in [0.25, 0.3) is 0 Å². The van der Waals surface area contributed by atoms with Gasteiger partial charge in [0.05, 0.1) is 5.75 Å². The summed E-state index contributed by atoms with van der Waals surface area (Å²) >= 11 is 1.77. The molecule has 1 unspecified atom stereocenters. The van der Waals surface area contributed by atoms with Gasteiger partial charge in [-0.15, -0.1) is 11.3 Å². The third kappa shape index (κ3) is 7.49. The van der Waals surface area contributed by atoms with Gasteiger partial charge in [-0.2, -0.15) is 0 Å². The van der Waals surface area contributed by atoms with E-state index in [1.54, 1.807) is 18.4 Å². The first kappa shape index (κ1) is 17.0. The Morgan fingerprint density at radius 2 is 2.20 bits per heavy atom. The van der Waals surface area contributed by atoms with Gasteiger partial charge in [-0.25, -0.2) is 8.42 Å². The number of rotatable bonds is 7. The van der Waals surface area contributed by atoms with E-state index in [0.717, 1.165) is 13.0 Å². The highest BCUT2D eigenvalue weighted by Gasteiger charge is 2.07. The summed E-state index contributed by atoms with van der Waals surface area (Å²) in [5.74, 6) is 1.24. The molecule has 0 aliphatic rings. The van der Waals surface area contributed by atoms with E-state index in [1.165, 1.54) is 11.1 Å². The minimum atomic E-state index is -2.94. The van der Waals surface area contributed by atoms with Gasteiger partial charge in [0.15, 0.2) is 5.96 Å². The van der Waals surface area contributed by atoms with E-state index in [1.807, 2.05) is 0 Å². The molecule has 20 heavy (non-hydrogen) atoms. The number of thiophene rings is 1. The van der Waals surface area contributed by atoms with Gasteiger partial charge in [0.1, 0.15) is 9.84 Å². The van der Waals surface area contributed by atoms with Crippen molar-refractivity contribution in [1.82, 2.24) is 10.6 Å². The Labute approximate surface area is 125 Å². The monoisotopic (exact) mass is 317 g/mol. The number of sulfone groups is 1. The second-order valence-electron chi connectivity index (χ2n) is 4.90. The average molecular weight is 317 g/mol. The molecular formula is C13H23N3O2S2. The fourth-order valence-electron chi connectivity index (χ4n) is 1.69. The third-order valence-corrected chi connectivity index (χ3v) is 4.58. The van der Waals surface area contributed by atoms with E-state index in [4.69, 9.17) is 0 Å². The van der Waals surface area contributed by atoms with Crippen molar-refractivity contribution in [1.29, 1.82) is 0 Å². The summed E-state index contributed by atoms with van der Waals surface area (Å²) in [6, 6.07) is 4.20. The molecule has 1 atom stereocenters. The van der Waals surface area contributed by atoms with Crippen LogP contribution in [0.5, 0.6) is 0 Å². The standard InChI is InChI=1S/C13H23N3O2S2/c1-11(9-12-5-4-7-19-12)10-16-13(14-2)15-6-8-20(3,17)18/h4-5,7,11H,6,8-10H2,1-3H3,(H2,14,15,16). The topological polar surface area (TPSA) is 70.6 Å². The molecule has 0 saturated carbocycles. The largest absolute Gasteiger partial charge is 0.356 e. The van der Waals surface area contributed by atoms with Crippen molar-refractivity contribution >= 4 is 27.1 Å². The average Bonchev–Trinajstić information content (AvgIpc) is 2.84. The van der Waals surface area contributed by atoms with Crippen LogP contribution in [0, 0.1) is 5.92 Å². The zero-order valence-corrected chi connectivity index (χ0v) is 13.9. The summed E-state index contributed by atoms with van der Waals surface area (Å²) in [4.78, 5) is 5.45. The van der Waals surface area contributed by atoms with Gasteiger partial charge in [-0.05, 0) is 23.8 Å². The number of guanidine groups is 1. The first-order chi connectivity index (χ1) is 9.40. The predicted octanol–water partition coefficient (Wildman–Crippen LogP) is 1.14. The van der Waals surface area contributed by atoms with Gasteiger partial charge in [0.2, 0.25) is 0 Å². The lowest BCUT2D eigenvalue weighted by Gasteiger charge is -2.15. The van der Waals surface area contributed by atoms with Crippen molar-refractivity contribution in [2.75, 3.05) is 32.1 Å². The molecule has 7 heteroatoms. The molecule has 1 aromatic heterocycles. The van der Waals surface area contributed by atoms with Crippen molar-refractivity contribution in [3.63, 3.8) is 0 Å². The molecule has 0 saturated heterocycles. The van der Waals surface area contributed by atoms with E-state index >= 15 is 0 Å². The molecular weight excluding hydrogens is 294 g/mol. The number of hydrogen-bond donors (Lipinski definition) is 2. The molecule has 0 aliphatic heterocycles. The van der Waals surface area contributed by atoms with E-state index in [2.05, 4.69) is 40.1 Å². The maximum atomic E-state index is 11.0. The Hall–Kier alpha value is -1.08. The van der Waals surface area contributed by atoms with Crippen LogP contribution >= 0.6 is 11.3 Å². The van der Waals surface area contributed by atoms with Gasteiger partial charge < -0.3 is 10.6 Å². The van der Waals surface area contributed by atoms with E-state index in [-0.39, 0.29) is 5.75 Å². The van der Waals surface area contributed by atoms with Gasteiger partial charge >= 0.3 is 0 Å². The summed E-state index contributed by atoms with van der Waals surface area (Å²) in [6.45, 7) is 3.35. The molecule has 0 aromatic carbocycles. The Morgan fingerprint density at radius 1 is 1.45 bits per heavy atom. The van der Waals surface area contributed by atoms with Crippen LogP contribution in [0.3, 0.4) is 0 Å². The van der Waals surface area contributed by atoms with Crippen LogP contribution in [-0.4, -0.2) is 46.5 Å². The van der Waals surface area contributed by atoms with Crippen molar-refractivity contribution in [3.05, 3.63) is 22.4 Å². The molecule has 0 aliphatic carbocycles. The first-order valence-electron chi connectivity index (χ1n) is 6.55. The molecule has 0 spiro atoms. The second-order valence-corrected chi connectivity index (χ2v) is 8.19. The van der Waals surface area contributed by atoms with Gasteiger partial charge in [0, 0.05) is 31.3 Å². The maximum absolute atomic E-state index is 11.0. The fraction of sp³-hybridized carbons (Fsp3) is 0.615. The van der Waals surface area contributed by atoms with Crippen LogP contribution in [-0.2, 0) is 16.3 Å². The predicted molar refractivity (Wildman–Crippen MR) is 86.3 cm³/mol. The molecule has 1 aromatic rings. The van der Waals surface area contributed by atoms with Crippen molar-refractivity contribution in [3.8, 4) is 0 Å². The highest BCUT2D eigenvalue weighted by Crippen LogP contribution is 2.13. The summed E-state index contributed by atoms with van der Waals surface area (Å²) in [7, 11) is -1.26. The number of nitrogens with zero attached hydrogens (tertiary/aromatic N) is 1. The molecule has 1 rings (SSSR count). The summed E-state index contributed by atoms with van der Waals surface area (Å²) in [5, 5.41) is 8.30. The summed E-state index contributed by atoms with van der Waals surface area (Å²) in [5.41, 5.74) is 0. The molecule has 114 valence electrons. The lowest BCUT2D eigenvalue weighted by atomic mass is 10.1. The first-order valence-corrected chi connectivity index (χ1v) is 9.49. The SMILES string of the molecule is CN=C(NCCS(C)(=O)=O)NCC(C)Cc1cccs1. The normalized spacial score (nSPS) is 14.1. The molecule has 2 N–H and O–H groups in total. The van der Waals surface area contributed by atoms with Crippen molar-refractivity contribution in [2.24, 2.45) is 10.9 Å². The van der Waals surface area contributed by atoms with Gasteiger partial charge in [-0.1, -0.05) is 13.0 Å². The van der Waals surface area contributed by atoms with Gasteiger partial charge in [-0.3, -0.25) is 4.99 Å². The lowest BCUT2D eigenvalue weighted by molar-refractivity contribution is 0.562. The van der Waals surface area contributed by atoms with Crippen LogP contribution in [0.1, 0.15) is 11.8 Å². The smallest absolute Gasteiger partial charge is 0.191 e. The zero-order chi connectivity index (χ0) is 15.0. The van der Waals surface area contributed by atoms with E-state index in [9.17, 15) is 8.42 Å². The van der Waals surface area contributed by atoms with E-state index in [0.29, 0.717) is 18.4 Å². The van der Waals surface area contributed by atoms with E-state index < -0.39 is 9.84 Å². The van der Waals surface area contributed by atoms with Crippen molar-refractivity contribution in [2.45, 2.75) is 13.3 Å². The highest BCUT2D eigenvalue weighted by atomic mass is 32.2. The fourth-order valence-corrected chi connectivity index (χ4v) is 3.03. The van der Waals surface area contributed by atoms with Crippen LogP contribution in [0.2, 0.25) is 0 Å². The van der Waals surface area contributed by atoms with Crippen LogP contribution in [0.4, 0.5) is 0 Å². The maximum Gasteiger partial charge on any atom is 0.191 e. The Bertz CT molecular complexity index is 510. The minimum Gasteiger partial charge on any atom is -0.356 e. The van der Waals surface area contributed by atoms with Crippen molar-refractivity contribution < 1.29 is 8.42 Å². The zero-order valence-electron chi connectivity index (χ0n) is 12.2. The number of nitrogens with one attached hydrogen (secondary N) is 2. The molecule has 0 bridgehead atoms. The highest BCUT2D eigenvalue weighted by molar-refractivity contribution is 7.90. The Kier molecular flexibility index (Phi) is 7.01. The Morgan fingerprint density at radius 3 is 2.75 bits per heavy atom. The lowest BCUT2D eigenvalue weighted by Crippen LogP contribution is -2.41. The molecule has 0 fully saturated rings. The number of aliphatic imine (C=N–C) groups is 1. The molecule has 1 heterocycles. The second kappa shape index (κ2) is 8.26. The summed E-state index contributed by atoms with van der Waals surface area (Å²) in [6.07, 6.45) is 2.26. The molecule has 0 amide bonds. The number of hydrogen-bond acceptors (Lipinski definition) is 4. The quantitative estimate of drug-likeness (QED) is 0.584. The third-order valence-electron chi connectivity index (χ3n) is 2.74. The Balaban J connectivity index is 2.27. The molecule has 5 nitrogen and oxygen atoms in total. The minimum absolute atomic E-state index is 0.110. The van der Waals surface area contributed by atoms with Crippen LogP contribution in [0.15, 0.2) is 22.5 Å².